The van der Waals surface area contributed by atoms with Gasteiger partial charge >= 0.3 is 0 Å². The van der Waals surface area contributed by atoms with Crippen LogP contribution < -0.4 is 9.62 Å². The normalized spacial score (nSPS) is 11.4. The van der Waals surface area contributed by atoms with Gasteiger partial charge in [-0.15, -0.1) is 0 Å². The van der Waals surface area contributed by atoms with Crippen LogP contribution in [0.2, 0.25) is 0 Å². The van der Waals surface area contributed by atoms with Gasteiger partial charge in [-0.25, -0.2) is 13.4 Å². The number of fused-ring (bicyclic) bond motifs is 1. The highest BCUT2D eigenvalue weighted by molar-refractivity contribution is 7.92. The van der Waals surface area contributed by atoms with Gasteiger partial charge in [0.25, 0.3) is 15.9 Å². The summed E-state index contributed by atoms with van der Waals surface area (Å²) in [4.78, 5) is 17.5. The molecule has 4 aromatic rings. The number of nitrogens with zero attached hydrogens (tertiary/aromatic N) is 3. The van der Waals surface area contributed by atoms with Crippen molar-refractivity contribution in [2.24, 2.45) is 0 Å². The molecule has 8 heteroatoms. The van der Waals surface area contributed by atoms with Gasteiger partial charge in [0.05, 0.1) is 21.6 Å². The maximum absolute atomic E-state index is 13.3. The number of hydrogen-bond acceptors (Lipinski definition) is 4. The molecule has 0 radical (unpaired) electrons. The first-order chi connectivity index (χ1) is 15.5. The molecule has 0 saturated heterocycles. The van der Waals surface area contributed by atoms with E-state index in [0.717, 1.165) is 11.0 Å². The molecule has 4 rings (SSSR count). The van der Waals surface area contributed by atoms with Crippen molar-refractivity contribution in [2.75, 3.05) is 16.2 Å². The van der Waals surface area contributed by atoms with Gasteiger partial charge in [0.1, 0.15) is 0 Å². The maximum atomic E-state index is 13.3. The Hall–Kier alpha value is -3.65. The quantitative estimate of drug-likeness (QED) is 0.450. The highest BCUT2D eigenvalue weighted by Gasteiger charge is 2.24. The SMILES string of the molecule is CCN(c1ccccc1)S(=O)(=O)c1cccc(C(=O)Nc2nc3ccccc3n2CC)c1. The van der Waals surface area contributed by atoms with E-state index < -0.39 is 15.9 Å². The number of rotatable bonds is 7. The first kappa shape index (κ1) is 21.6. The summed E-state index contributed by atoms with van der Waals surface area (Å²) in [5.74, 6) is 0.00115. The fourth-order valence-electron chi connectivity index (χ4n) is 3.68. The Morgan fingerprint density at radius 3 is 2.41 bits per heavy atom. The van der Waals surface area contributed by atoms with Crippen molar-refractivity contribution in [3.8, 4) is 0 Å². The third-order valence-corrected chi connectivity index (χ3v) is 7.11. The molecule has 0 saturated carbocycles. The lowest BCUT2D eigenvalue weighted by molar-refractivity contribution is 0.102. The number of para-hydroxylation sites is 3. The Morgan fingerprint density at radius 2 is 1.69 bits per heavy atom. The topological polar surface area (TPSA) is 84.3 Å². The number of sulfonamides is 1. The van der Waals surface area contributed by atoms with E-state index in [4.69, 9.17) is 0 Å². The number of benzene rings is 3. The largest absolute Gasteiger partial charge is 0.310 e. The van der Waals surface area contributed by atoms with E-state index in [1.165, 1.54) is 16.4 Å². The van der Waals surface area contributed by atoms with E-state index in [2.05, 4.69) is 10.3 Å². The summed E-state index contributed by atoms with van der Waals surface area (Å²) in [7, 11) is -3.83. The van der Waals surface area contributed by atoms with Crippen LogP contribution in [-0.4, -0.2) is 30.4 Å². The van der Waals surface area contributed by atoms with Crippen LogP contribution in [0.5, 0.6) is 0 Å². The zero-order chi connectivity index (χ0) is 22.7. The van der Waals surface area contributed by atoms with E-state index in [9.17, 15) is 13.2 Å². The zero-order valence-corrected chi connectivity index (χ0v) is 18.7. The van der Waals surface area contributed by atoms with Gasteiger partial charge in [-0.1, -0.05) is 36.4 Å². The third-order valence-electron chi connectivity index (χ3n) is 5.21. The standard InChI is InChI=1S/C24H24N4O3S/c1-3-27-22-16-9-8-15-21(22)25-24(27)26-23(29)18-11-10-14-20(17-18)32(30,31)28(4-2)19-12-6-5-7-13-19/h5-17H,3-4H2,1-2H3,(H,25,26,29). The molecule has 32 heavy (non-hydrogen) atoms. The van der Waals surface area contributed by atoms with Crippen molar-refractivity contribution < 1.29 is 13.2 Å². The number of imidazole rings is 1. The minimum atomic E-state index is -3.83. The highest BCUT2D eigenvalue weighted by atomic mass is 32.2. The molecule has 1 amide bonds. The van der Waals surface area contributed by atoms with Gasteiger partial charge in [-0.2, -0.15) is 0 Å². The number of aryl methyl sites for hydroxylation is 1. The van der Waals surface area contributed by atoms with Crippen molar-refractivity contribution in [2.45, 2.75) is 25.3 Å². The molecule has 0 spiro atoms. The number of carbonyl (C=O) groups is 1. The van der Waals surface area contributed by atoms with Crippen molar-refractivity contribution in [1.82, 2.24) is 9.55 Å². The molecule has 7 nitrogen and oxygen atoms in total. The number of amides is 1. The lowest BCUT2D eigenvalue weighted by atomic mass is 10.2. The van der Waals surface area contributed by atoms with Crippen LogP contribution in [0.15, 0.2) is 83.8 Å². The fraction of sp³-hybridized carbons (Fsp3) is 0.167. The number of nitrogens with one attached hydrogen (secondary N) is 1. The highest BCUT2D eigenvalue weighted by Crippen LogP contribution is 2.25. The summed E-state index contributed by atoms with van der Waals surface area (Å²) >= 11 is 0. The van der Waals surface area contributed by atoms with E-state index in [0.29, 0.717) is 18.2 Å². The Kier molecular flexibility index (Phi) is 5.96. The summed E-state index contributed by atoms with van der Waals surface area (Å²) in [5.41, 5.74) is 2.51. The smallest absolute Gasteiger partial charge is 0.264 e. The molecule has 0 aliphatic heterocycles. The average molecular weight is 449 g/mol. The maximum Gasteiger partial charge on any atom is 0.264 e. The van der Waals surface area contributed by atoms with Gasteiger partial charge in [-0.05, 0) is 56.3 Å². The van der Waals surface area contributed by atoms with Crippen LogP contribution in [0.3, 0.4) is 0 Å². The van der Waals surface area contributed by atoms with E-state index >= 15 is 0 Å². The molecule has 0 unspecified atom stereocenters. The molecule has 164 valence electrons. The van der Waals surface area contributed by atoms with Crippen LogP contribution in [0, 0.1) is 0 Å². The van der Waals surface area contributed by atoms with Crippen LogP contribution in [0.1, 0.15) is 24.2 Å². The van der Waals surface area contributed by atoms with Crippen molar-refractivity contribution in [1.29, 1.82) is 0 Å². The van der Waals surface area contributed by atoms with E-state index in [1.807, 2.05) is 41.8 Å². The molecule has 3 aromatic carbocycles. The summed E-state index contributed by atoms with van der Waals surface area (Å²) < 4.78 is 29.8. The number of carbonyl (C=O) groups excluding carboxylic acids is 1. The predicted octanol–water partition coefficient (Wildman–Crippen LogP) is 4.52. The molecule has 1 N–H and O–H groups in total. The number of aromatic nitrogens is 2. The Balaban J connectivity index is 1.65. The van der Waals surface area contributed by atoms with Crippen molar-refractivity contribution >= 4 is 38.6 Å². The Morgan fingerprint density at radius 1 is 0.969 bits per heavy atom. The second-order valence-electron chi connectivity index (χ2n) is 7.16. The lowest BCUT2D eigenvalue weighted by Crippen LogP contribution is -2.31. The van der Waals surface area contributed by atoms with Crippen LogP contribution in [0.25, 0.3) is 11.0 Å². The molecule has 0 fully saturated rings. The molecular weight excluding hydrogens is 424 g/mol. The number of hydrogen-bond donors (Lipinski definition) is 1. The van der Waals surface area contributed by atoms with Crippen LogP contribution in [-0.2, 0) is 16.6 Å². The van der Waals surface area contributed by atoms with E-state index in [1.54, 1.807) is 43.3 Å². The Bertz CT molecular complexity index is 1360. The summed E-state index contributed by atoms with van der Waals surface area (Å²) in [5, 5.41) is 2.83. The minimum absolute atomic E-state index is 0.0554. The monoisotopic (exact) mass is 448 g/mol. The van der Waals surface area contributed by atoms with Crippen molar-refractivity contribution in [3.63, 3.8) is 0 Å². The van der Waals surface area contributed by atoms with Crippen molar-refractivity contribution in [3.05, 3.63) is 84.4 Å². The molecule has 1 heterocycles. The average Bonchev–Trinajstić information content (AvgIpc) is 3.17. The molecule has 1 aromatic heterocycles. The fourth-order valence-corrected chi connectivity index (χ4v) is 5.20. The molecule has 0 atom stereocenters. The second kappa shape index (κ2) is 8.84. The molecule has 0 aliphatic rings. The van der Waals surface area contributed by atoms with Gasteiger partial charge < -0.3 is 4.57 Å². The second-order valence-corrected chi connectivity index (χ2v) is 9.02. The predicted molar refractivity (Wildman–Crippen MR) is 126 cm³/mol. The van der Waals surface area contributed by atoms with Gasteiger partial charge in [0.15, 0.2) is 0 Å². The minimum Gasteiger partial charge on any atom is -0.310 e. The first-order valence-corrected chi connectivity index (χ1v) is 11.8. The molecule has 0 bridgehead atoms. The van der Waals surface area contributed by atoms with Crippen LogP contribution in [0.4, 0.5) is 11.6 Å². The summed E-state index contributed by atoms with van der Waals surface area (Å²) in [6.45, 7) is 4.65. The van der Waals surface area contributed by atoms with Gasteiger partial charge in [-0.3, -0.25) is 14.4 Å². The third kappa shape index (κ3) is 3.97. The van der Waals surface area contributed by atoms with Gasteiger partial charge in [0.2, 0.25) is 5.95 Å². The Labute approximate surface area is 187 Å². The molecule has 0 aliphatic carbocycles. The summed E-state index contributed by atoms with van der Waals surface area (Å²) in [6.07, 6.45) is 0. The van der Waals surface area contributed by atoms with E-state index in [-0.39, 0.29) is 17.0 Å². The lowest BCUT2D eigenvalue weighted by Gasteiger charge is -2.23. The summed E-state index contributed by atoms with van der Waals surface area (Å²) in [6, 6.07) is 22.6. The first-order valence-electron chi connectivity index (χ1n) is 10.4. The molecular formula is C24H24N4O3S. The van der Waals surface area contributed by atoms with Crippen LogP contribution >= 0.6 is 0 Å². The van der Waals surface area contributed by atoms with Gasteiger partial charge in [0, 0.05) is 18.7 Å². The number of anilines is 2. The zero-order valence-electron chi connectivity index (χ0n) is 17.9.